The van der Waals surface area contributed by atoms with Crippen molar-refractivity contribution in [2.75, 3.05) is 4.90 Å². The number of hydrogen-bond donors (Lipinski definition) is 0. The van der Waals surface area contributed by atoms with E-state index < -0.39 is 0 Å². The molecule has 428 valence electrons. The first-order valence-electron chi connectivity index (χ1n) is 31.7. The second-order valence-corrected chi connectivity index (χ2v) is 26.7. The summed E-state index contributed by atoms with van der Waals surface area (Å²) in [5, 5.41) is 9.79. The Kier molecular flexibility index (Phi) is 12.2. The van der Waals surface area contributed by atoms with E-state index in [1.54, 1.807) is 0 Å². The molecule has 3 nitrogen and oxygen atoms in total. The molecule has 0 atom stereocenters. The molecule has 0 radical (unpaired) electrons. The number of fused-ring (bicyclic) bond motifs is 10. The van der Waals surface area contributed by atoms with E-state index in [9.17, 15) is 0 Å². The fourth-order valence-electron chi connectivity index (χ4n) is 15.0. The third-order valence-corrected chi connectivity index (χ3v) is 19.3. The largest absolute Gasteiger partial charge is 0.458 e. The second-order valence-electron chi connectivity index (χ2n) is 26.7. The highest BCUT2D eigenvalue weighted by Gasteiger charge is 2.44. The lowest BCUT2D eigenvalue weighted by molar-refractivity contribution is 0.483. The SMILES string of the molecule is CC(C)(C)c1cc(-c2ccccc2)c(N2c3cc(-c4c5ccccc5c(-c5ccc(-c6ccccc6)c6ccccc56)c5ccccc45)ccc3B3c4ccc(-n5c6ccccc6c6ccccc65)cc4Oc4cc(C(C)(C)C)cc2c43)c(-c2ccccc2)c1. The van der Waals surface area contributed by atoms with E-state index in [4.69, 9.17) is 4.74 Å². The predicted molar refractivity (Wildman–Crippen MR) is 384 cm³/mol. The number of rotatable bonds is 7. The van der Waals surface area contributed by atoms with Crippen molar-refractivity contribution in [2.45, 2.75) is 52.4 Å². The van der Waals surface area contributed by atoms with Gasteiger partial charge in [0.05, 0.1) is 16.7 Å². The van der Waals surface area contributed by atoms with Crippen LogP contribution in [0.4, 0.5) is 17.1 Å². The summed E-state index contributed by atoms with van der Waals surface area (Å²) in [6, 6.07) is 107. The van der Waals surface area contributed by atoms with Crippen LogP contribution in [0.5, 0.6) is 11.5 Å². The number of aromatic nitrogens is 1. The fraction of sp³-hybridized carbons (Fsp3) is 0.0930. The standard InChI is InChI=1S/C86H65BN2O/c1-85(2,3)58-49-71(55-28-12-8-13-29-55)84(72(50-58)56-30-14-9-15-31-56)89-77-48-57(81-66-36-18-20-38-68(66)82(69-39-21-19-37-67(69)81)70-45-44-61(54-26-10-7-11-27-54)62-32-16-17-33-63(62)70)42-46-73(77)87-74-47-43-60(88-75-40-24-22-34-64(75)65-35-23-25-41-76(65)88)53-79(74)90-80-52-59(86(4,5)6)51-78(89)83(80)87/h7-53H,1-6H3. The summed E-state index contributed by atoms with van der Waals surface area (Å²) in [5.41, 5.74) is 24.4. The summed E-state index contributed by atoms with van der Waals surface area (Å²) in [6.45, 7) is 13.8. The van der Waals surface area contributed by atoms with E-state index in [0.29, 0.717) is 0 Å². The van der Waals surface area contributed by atoms with E-state index in [2.05, 4.69) is 336 Å². The third-order valence-electron chi connectivity index (χ3n) is 19.3. The summed E-state index contributed by atoms with van der Waals surface area (Å²) in [4.78, 5) is 2.65. The van der Waals surface area contributed by atoms with Gasteiger partial charge in [-0.1, -0.05) is 272 Å². The van der Waals surface area contributed by atoms with Gasteiger partial charge in [0, 0.05) is 45.0 Å². The molecular formula is C86H65BN2O. The summed E-state index contributed by atoms with van der Waals surface area (Å²) >= 11 is 0. The van der Waals surface area contributed by atoms with Crippen LogP contribution in [0.1, 0.15) is 52.7 Å². The van der Waals surface area contributed by atoms with Gasteiger partial charge in [-0.25, -0.2) is 0 Å². The topological polar surface area (TPSA) is 17.4 Å². The smallest absolute Gasteiger partial charge is 0.256 e. The minimum atomic E-state index is -0.239. The lowest BCUT2D eigenvalue weighted by Crippen LogP contribution is -2.59. The molecule has 0 unspecified atom stereocenters. The number of hydrogen-bond acceptors (Lipinski definition) is 2. The van der Waals surface area contributed by atoms with Crippen molar-refractivity contribution >= 4 is 94.3 Å². The Hall–Kier alpha value is -10.7. The van der Waals surface area contributed by atoms with Gasteiger partial charge in [-0.2, -0.15) is 0 Å². The highest BCUT2D eigenvalue weighted by molar-refractivity contribution is 6.99. The quantitative estimate of drug-likeness (QED) is 0.117. The van der Waals surface area contributed by atoms with Gasteiger partial charge in [0.2, 0.25) is 0 Å². The van der Waals surface area contributed by atoms with Crippen LogP contribution in [-0.4, -0.2) is 11.3 Å². The maximum Gasteiger partial charge on any atom is 0.256 e. The highest BCUT2D eigenvalue weighted by atomic mass is 16.5. The number of para-hydroxylation sites is 2. The van der Waals surface area contributed by atoms with Crippen LogP contribution in [0.2, 0.25) is 0 Å². The Labute approximate surface area is 526 Å². The lowest BCUT2D eigenvalue weighted by atomic mass is 9.34. The number of anilines is 3. The van der Waals surface area contributed by atoms with Crippen LogP contribution in [0.25, 0.3) is 115 Å². The molecule has 0 bridgehead atoms. The molecule has 17 rings (SSSR count). The first-order valence-corrected chi connectivity index (χ1v) is 31.7. The summed E-state index contributed by atoms with van der Waals surface area (Å²) in [7, 11) is 0. The van der Waals surface area contributed by atoms with Gasteiger partial charge >= 0.3 is 0 Å². The van der Waals surface area contributed by atoms with Crippen molar-refractivity contribution in [3.63, 3.8) is 0 Å². The molecule has 2 aliphatic rings. The number of benzene rings is 14. The average Bonchev–Trinajstić information content (AvgIpc) is 0.826. The fourth-order valence-corrected chi connectivity index (χ4v) is 15.0. The summed E-state index contributed by atoms with van der Waals surface area (Å²) < 4.78 is 9.97. The zero-order valence-electron chi connectivity index (χ0n) is 51.5. The summed E-state index contributed by atoms with van der Waals surface area (Å²) in [5.74, 6) is 1.76. The average molecular weight is 1150 g/mol. The van der Waals surface area contributed by atoms with Crippen LogP contribution < -0.4 is 26.0 Å². The molecule has 15 aromatic rings. The molecule has 0 fully saturated rings. The van der Waals surface area contributed by atoms with E-state index in [0.717, 1.165) is 56.4 Å². The maximum atomic E-state index is 7.57. The first-order chi connectivity index (χ1) is 43.9. The molecule has 0 saturated carbocycles. The first kappa shape index (κ1) is 53.6. The van der Waals surface area contributed by atoms with Crippen molar-refractivity contribution in [2.24, 2.45) is 0 Å². The van der Waals surface area contributed by atoms with Crippen LogP contribution in [-0.2, 0) is 10.8 Å². The van der Waals surface area contributed by atoms with E-state index in [-0.39, 0.29) is 17.5 Å². The van der Waals surface area contributed by atoms with Crippen molar-refractivity contribution in [3.8, 4) is 72.8 Å². The van der Waals surface area contributed by atoms with Crippen molar-refractivity contribution in [1.82, 2.24) is 4.57 Å². The normalized spacial score (nSPS) is 12.8. The third kappa shape index (κ3) is 8.42. The Morgan fingerprint density at radius 3 is 1.30 bits per heavy atom. The van der Waals surface area contributed by atoms with Crippen LogP contribution in [0, 0.1) is 0 Å². The maximum absolute atomic E-state index is 7.57. The van der Waals surface area contributed by atoms with Crippen LogP contribution in [0.3, 0.4) is 0 Å². The van der Waals surface area contributed by atoms with Gasteiger partial charge in [0.25, 0.3) is 6.71 Å². The van der Waals surface area contributed by atoms with E-state index in [1.807, 2.05) is 0 Å². The Morgan fingerprint density at radius 2 is 0.756 bits per heavy atom. The molecule has 3 heterocycles. The Balaban J connectivity index is 0.970. The highest BCUT2D eigenvalue weighted by Crippen LogP contribution is 2.53. The molecule has 90 heavy (non-hydrogen) atoms. The molecular weight excluding hydrogens is 1090 g/mol. The Bertz CT molecular complexity index is 5250. The number of nitrogens with zero attached hydrogens (tertiary/aromatic N) is 2. The minimum Gasteiger partial charge on any atom is -0.458 e. The monoisotopic (exact) mass is 1150 g/mol. The molecule has 0 saturated heterocycles. The van der Waals surface area contributed by atoms with Gasteiger partial charge < -0.3 is 14.2 Å². The molecule has 2 aliphatic heterocycles. The Morgan fingerprint density at radius 1 is 0.311 bits per heavy atom. The lowest BCUT2D eigenvalue weighted by Gasteiger charge is -2.43. The van der Waals surface area contributed by atoms with Gasteiger partial charge in [-0.05, 0) is 164 Å². The molecule has 0 spiro atoms. The van der Waals surface area contributed by atoms with Crippen LogP contribution in [0.15, 0.2) is 285 Å². The zero-order chi connectivity index (χ0) is 60.6. The summed E-state index contributed by atoms with van der Waals surface area (Å²) in [6.07, 6.45) is 0. The van der Waals surface area contributed by atoms with Gasteiger partial charge in [-0.3, -0.25) is 0 Å². The zero-order valence-corrected chi connectivity index (χ0v) is 51.5. The number of ether oxygens (including phenoxy) is 1. The van der Waals surface area contributed by atoms with Crippen molar-refractivity contribution in [1.29, 1.82) is 0 Å². The molecule has 4 heteroatoms. The molecule has 0 amide bonds. The molecule has 0 aliphatic carbocycles. The van der Waals surface area contributed by atoms with Gasteiger partial charge in [-0.15, -0.1) is 0 Å². The van der Waals surface area contributed by atoms with Gasteiger partial charge in [0.15, 0.2) is 0 Å². The molecule has 1 aromatic heterocycles. The van der Waals surface area contributed by atoms with Crippen LogP contribution >= 0.6 is 0 Å². The molecule has 14 aromatic carbocycles. The molecule has 0 N–H and O–H groups in total. The second kappa shape index (κ2) is 20.5. The van der Waals surface area contributed by atoms with Crippen molar-refractivity contribution in [3.05, 3.63) is 296 Å². The predicted octanol–water partition coefficient (Wildman–Crippen LogP) is 21.6. The van der Waals surface area contributed by atoms with Crippen molar-refractivity contribution < 1.29 is 4.74 Å². The van der Waals surface area contributed by atoms with E-state index in [1.165, 1.54) is 115 Å². The minimum absolute atomic E-state index is 0.158. The van der Waals surface area contributed by atoms with Gasteiger partial charge in [0.1, 0.15) is 11.5 Å². The van der Waals surface area contributed by atoms with E-state index >= 15 is 0 Å².